The van der Waals surface area contributed by atoms with Crippen LogP contribution in [0.3, 0.4) is 0 Å². The normalized spacial score (nSPS) is 14.2. The Morgan fingerprint density at radius 2 is 0.525 bits per heavy atom. The fourth-order valence-electron chi connectivity index (χ4n) is 11.5. The average molecular weight is 1440 g/mol. The van der Waals surface area contributed by atoms with Gasteiger partial charge in [-0.3, -0.25) is 32.5 Å². The molecule has 16 nitrogen and oxygen atoms in total. The summed E-state index contributed by atoms with van der Waals surface area (Å²) >= 11 is 0. The quantitative estimate of drug-likeness (QED) is 0.0169. The number of carbonyl (C=O) groups is 3. The minimum atomic E-state index is -4.94. The molecule has 0 aliphatic heterocycles. The van der Waals surface area contributed by atoms with Gasteiger partial charge >= 0.3 is 33.6 Å². The number of hydrogen-bond donors (Lipinski definition) is 3. The Bertz CT molecular complexity index is 2000. The standard InChI is InChI=1S/C81H152O16P2/c1-5-9-13-17-21-25-29-33-37-41-45-49-53-57-61-65-69-90-72-77(96-80(84)67-63-59-55-51-47-43-39-35-31-27-23-19-15-11-7-3)74-94-98(86,87)92-70-76(82)71-93-99(88,89)95-75-78(97-81(85)68-64-60-56-52-48-44-40-36-32-28-24-20-16-12-8-4)73-91-79(83)66-62-58-54-50-46-42-38-34-30-26-22-18-14-10-6-2/h33-40,76-78,82H,5-32,41-75H2,1-4H3,(H,86,87)(H,88,89)/b37-33-,38-34-,39-35-,40-36-/t76?,77-,78-/m1/s1. The molecule has 0 aromatic rings. The van der Waals surface area contributed by atoms with Gasteiger partial charge in [0.25, 0.3) is 0 Å². The number of unbranched alkanes of at least 4 members (excludes halogenated alkanes) is 45. The second-order valence-electron chi connectivity index (χ2n) is 27.7. The van der Waals surface area contributed by atoms with Crippen molar-refractivity contribution in [2.24, 2.45) is 0 Å². The van der Waals surface area contributed by atoms with Gasteiger partial charge in [-0.05, 0) is 128 Å². The van der Waals surface area contributed by atoms with Crippen LogP contribution >= 0.6 is 15.6 Å². The van der Waals surface area contributed by atoms with Crippen LogP contribution in [0, 0.1) is 0 Å². The minimum absolute atomic E-state index is 0.0657. The number of hydrogen-bond acceptors (Lipinski definition) is 14. The molecule has 0 bridgehead atoms. The predicted molar refractivity (Wildman–Crippen MR) is 409 cm³/mol. The molecule has 3 N–H and O–H groups in total. The smallest absolute Gasteiger partial charge is 0.462 e. The van der Waals surface area contributed by atoms with Crippen LogP contribution in [0.2, 0.25) is 0 Å². The number of ether oxygens (including phenoxy) is 4. The van der Waals surface area contributed by atoms with Crippen LogP contribution in [0.5, 0.6) is 0 Å². The molecule has 99 heavy (non-hydrogen) atoms. The van der Waals surface area contributed by atoms with Gasteiger partial charge in [0.05, 0.1) is 33.0 Å². The fourth-order valence-corrected chi connectivity index (χ4v) is 13.1. The zero-order chi connectivity index (χ0) is 72.3. The molecule has 0 fully saturated rings. The van der Waals surface area contributed by atoms with E-state index in [1.165, 1.54) is 173 Å². The molecule has 0 aliphatic rings. The summed E-state index contributed by atoms with van der Waals surface area (Å²) < 4.78 is 69.4. The van der Waals surface area contributed by atoms with Gasteiger partial charge in [0.15, 0.2) is 6.10 Å². The average Bonchev–Trinajstić information content (AvgIpc) is 1.03. The number of rotatable bonds is 79. The maximum absolute atomic E-state index is 13.1. The molecule has 0 aromatic heterocycles. The van der Waals surface area contributed by atoms with Gasteiger partial charge in [-0.15, -0.1) is 0 Å². The van der Waals surface area contributed by atoms with Crippen LogP contribution in [0.15, 0.2) is 48.6 Å². The van der Waals surface area contributed by atoms with E-state index in [2.05, 4.69) is 76.3 Å². The maximum Gasteiger partial charge on any atom is 0.472 e. The third-order valence-corrected chi connectivity index (χ3v) is 19.7. The van der Waals surface area contributed by atoms with Crippen molar-refractivity contribution in [3.05, 3.63) is 48.6 Å². The van der Waals surface area contributed by atoms with E-state index in [-0.39, 0.29) is 25.9 Å². The van der Waals surface area contributed by atoms with Gasteiger partial charge in [-0.1, -0.05) is 288 Å². The molecular formula is C81H152O16P2. The summed E-state index contributed by atoms with van der Waals surface area (Å²) in [6.45, 7) is 6.00. The van der Waals surface area contributed by atoms with Crippen LogP contribution in [0.25, 0.3) is 0 Å². The Balaban J connectivity index is 5.27. The van der Waals surface area contributed by atoms with Gasteiger partial charge in [0, 0.05) is 25.9 Å². The van der Waals surface area contributed by atoms with Crippen LogP contribution in [-0.4, -0.2) is 97.4 Å². The molecule has 0 rings (SSSR count). The number of aliphatic hydroxyl groups is 1. The maximum atomic E-state index is 13.1. The van der Waals surface area contributed by atoms with Crippen molar-refractivity contribution in [1.29, 1.82) is 0 Å². The topological polar surface area (TPSA) is 220 Å². The second kappa shape index (κ2) is 75.2. The van der Waals surface area contributed by atoms with Crippen molar-refractivity contribution in [3.8, 4) is 0 Å². The third kappa shape index (κ3) is 75.0. The predicted octanol–water partition coefficient (Wildman–Crippen LogP) is 24.1. The largest absolute Gasteiger partial charge is 0.472 e. The number of carbonyl (C=O) groups excluding carboxylic acids is 3. The van der Waals surface area contributed by atoms with Crippen molar-refractivity contribution in [2.75, 3.05) is 46.2 Å². The van der Waals surface area contributed by atoms with E-state index in [0.29, 0.717) is 25.9 Å². The Kier molecular flexibility index (Phi) is 73.3. The van der Waals surface area contributed by atoms with Gasteiger partial charge in [-0.2, -0.15) is 0 Å². The highest BCUT2D eigenvalue weighted by Crippen LogP contribution is 2.45. The van der Waals surface area contributed by atoms with E-state index < -0.39 is 84.9 Å². The first-order valence-corrected chi connectivity index (χ1v) is 43.9. The zero-order valence-corrected chi connectivity index (χ0v) is 65.7. The van der Waals surface area contributed by atoms with Gasteiger partial charge in [0.2, 0.25) is 0 Å². The van der Waals surface area contributed by atoms with Gasteiger partial charge in [0.1, 0.15) is 18.8 Å². The summed E-state index contributed by atoms with van der Waals surface area (Å²) in [7, 11) is -9.81. The van der Waals surface area contributed by atoms with E-state index in [1.54, 1.807) is 0 Å². The molecule has 0 amide bonds. The number of aliphatic hydroxyl groups excluding tert-OH is 1. The molecule has 0 spiro atoms. The molecule has 582 valence electrons. The van der Waals surface area contributed by atoms with Crippen molar-refractivity contribution >= 4 is 33.6 Å². The van der Waals surface area contributed by atoms with Gasteiger partial charge in [-0.25, -0.2) is 9.13 Å². The third-order valence-electron chi connectivity index (χ3n) is 17.8. The van der Waals surface area contributed by atoms with Crippen molar-refractivity contribution < 1.29 is 75.4 Å². The molecule has 18 heteroatoms. The minimum Gasteiger partial charge on any atom is -0.462 e. The summed E-state index contributed by atoms with van der Waals surface area (Å²) in [5.41, 5.74) is 0. The van der Waals surface area contributed by atoms with Crippen molar-refractivity contribution in [1.82, 2.24) is 0 Å². The molecular weight excluding hydrogens is 1290 g/mol. The summed E-state index contributed by atoms with van der Waals surface area (Å²) in [4.78, 5) is 60.2. The molecule has 0 heterocycles. The van der Waals surface area contributed by atoms with E-state index in [4.69, 9.17) is 37.0 Å². The van der Waals surface area contributed by atoms with Crippen LogP contribution < -0.4 is 0 Å². The fraction of sp³-hybridized carbons (Fsp3) is 0.864. The van der Waals surface area contributed by atoms with Crippen molar-refractivity contribution in [2.45, 2.75) is 406 Å². The highest BCUT2D eigenvalue weighted by molar-refractivity contribution is 7.47. The first kappa shape index (κ1) is 96.5. The van der Waals surface area contributed by atoms with E-state index >= 15 is 0 Å². The molecule has 0 aromatic carbocycles. The number of esters is 3. The molecule has 0 radical (unpaired) electrons. The first-order valence-electron chi connectivity index (χ1n) is 40.9. The first-order chi connectivity index (χ1) is 48.3. The van der Waals surface area contributed by atoms with E-state index in [1.807, 2.05) is 0 Å². The Morgan fingerprint density at radius 1 is 0.293 bits per heavy atom. The molecule has 5 atom stereocenters. The van der Waals surface area contributed by atoms with Crippen LogP contribution in [0.1, 0.15) is 387 Å². The molecule has 0 saturated carbocycles. The van der Waals surface area contributed by atoms with Crippen LogP contribution in [0.4, 0.5) is 0 Å². The van der Waals surface area contributed by atoms with E-state index in [0.717, 1.165) is 148 Å². The Morgan fingerprint density at radius 3 is 0.818 bits per heavy atom. The summed E-state index contributed by atoms with van der Waals surface area (Å²) in [5, 5.41) is 10.6. The molecule has 0 saturated heterocycles. The SMILES string of the molecule is CCCCCCCC/C=C\CCCCCCCCOC[C@H](COP(=O)(O)OCC(O)COP(=O)(O)OC[C@@H](COC(=O)CCCCCCC/C=C\CCCCCCCC)OC(=O)CCCCCCC/C=C\CCCCCCCC)OC(=O)CCCCCCC/C=C\CCCCCCCC. The van der Waals surface area contributed by atoms with Gasteiger partial charge < -0.3 is 33.8 Å². The van der Waals surface area contributed by atoms with Crippen molar-refractivity contribution in [3.63, 3.8) is 0 Å². The second-order valence-corrected chi connectivity index (χ2v) is 30.6. The van der Waals surface area contributed by atoms with E-state index in [9.17, 15) is 38.4 Å². The highest BCUT2D eigenvalue weighted by atomic mass is 31.2. The highest BCUT2D eigenvalue weighted by Gasteiger charge is 2.30. The Labute approximate surface area is 606 Å². The zero-order valence-electron chi connectivity index (χ0n) is 63.9. The lowest BCUT2D eigenvalue weighted by atomic mass is 10.1. The number of allylic oxidation sites excluding steroid dienone is 8. The monoisotopic (exact) mass is 1440 g/mol. The number of phosphoric acid groups is 2. The summed E-state index contributed by atoms with van der Waals surface area (Å²) in [6.07, 6.45) is 75.2. The lowest BCUT2D eigenvalue weighted by Crippen LogP contribution is -2.30. The lowest BCUT2D eigenvalue weighted by Gasteiger charge is -2.21. The Hall–Kier alpha value is -2.49. The molecule has 0 aliphatic carbocycles. The summed E-state index contributed by atoms with van der Waals surface area (Å²) in [6, 6.07) is 0. The molecule has 3 unspecified atom stereocenters. The number of phosphoric ester groups is 2. The van der Waals surface area contributed by atoms with Crippen LogP contribution in [-0.2, 0) is 60.6 Å². The summed E-state index contributed by atoms with van der Waals surface area (Å²) in [5.74, 6) is -1.53. The lowest BCUT2D eigenvalue weighted by molar-refractivity contribution is -0.161.